The van der Waals surface area contributed by atoms with E-state index in [0.717, 1.165) is 22.6 Å². The van der Waals surface area contributed by atoms with Gasteiger partial charge in [0.15, 0.2) is 0 Å². The van der Waals surface area contributed by atoms with Crippen LogP contribution in [-0.4, -0.2) is 0 Å². The first kappa shape index (κ1) is 9.99. The smallest absolute Gasteiger partial charge is 0.0827 e. The van der Waals surface area contributed by atoms with Gasteiger partial charge < -0.3 is 5.73 Å². The highest BCUT2D eigenvalue weighted by Crippen LogP contribution is 2.35. The molecule has 4 nitrogen and oxygen atoms in total. The Morgan fingerprint density at radius 3 is 2.41 bits per heavy atom. The van der Waals surface area contributed by atoms with Gasteiger partial charge in [-0.05, 0) is 24.3 Å². The van der Waals surface area contributed by atoms with Crippen LogP contribution in [0.5, 0.6) is 0 Å². The van der Waals surface area contributed by atoms with Gasteiger partial charge in [0, 0.05) is 11.3 Å². The molecular formula is C13H14N4. The summed E-state index contributed by atoms with van der Waals surface area (Å²) in [5.41, 5.74) is 9.86. The molecule has 0 aliphatic carbocycles. The van der Waals surface area contributed by atoms with Gasteiger partial charge in [0.1, 0.15) is 0 Å². The second kappa shape index (κ2) is 3.68. The van der Waals surface area contributed by atoms with Gasteiger partial charge in [0.2, 0.25) is 0 Å². The first-order valence-electron chi connectivity index (χ1n) is 5.52. The van der Waals surface area contributed by atoms with E-state index in [1.165, 1.54) is 0 Å². The van der Waals surface area contributed by atoms with Crippen LogP contribution in [0.2, 0.25) is 0 Å². The van der Waals surface area contributed by atoms with Crippen LogP contribution >= 0.6 is 0 Å². The number of benzene rings is 2. The van der Waals surface area contributed by atoms with Crippen molar-refractivity contribution < 1.29 is 0 Å². The minimum atomic E-state index is 0.711. The molecule has 0 atom stereocenters. The summed E-state index contributed by atoms with van der Waals surface area (Å²) < 4.78 is 0. The molecule has 0 aromatic heterocycles. The number of rotatable bonds is 1. The maximum absolute atomic E-state index is 6.10. The Morgan fingerprint density at radius 1 is 0.941 bits per heavy atom. The number of para-hydroxylation sites is 1. The molecule has 1 aliphatic heterocycles. The standard InChI is InChI=1S/C13H14N4/c14-12-7-4-8-13-11(12)9-16(17(13)15)10-5-2-1-3-6-10/h1-8H,9,14-15H2. The molecule has 0 amide bonds. The van der Waals surface area contributed by atoms with Crippen LogP contribution in [0.4, 0.5) is 17.1 Å². The summed E-state index contributed by atoms with van der Waals surface area (Å²) in [7, 11) is 0. The molecule has 17 heavy (non-hydrogen) atoms. The zero-order valence-electron chi connectivity index (χ0n) is 9.38. The highest BCUT2D eigenvalue weighted by Gasteiger charge is 2.26. The summed E-state index contributed by atoms with van der Waals surface area (Å²) >= 11 is 0. The van der Waals surface area contributed by atoms with Crippen molar-refractivity contribution in [2.45, 2.75) is 6.54 Å². The number of anilines is 3. The number of fused-ring (bicyclic) bond motifs is 1. The van der Waals surface area contributed by atoms with Crippen LogP contribution in [0.1, 0.15) is 5.56 Å². The number of nitrogens with zero attached hydrogens (tertiary/aromatic N) is 2. The molecule has 2 aromatic rings. The van der Waals surface area contributed by atoms with Crippen LogP contribution in [0.3, 0.4) is 0 Å². The van der Waals surface area contributed by atoms with Gasteiger partial charge in [-0.25, -0.2) is 11.0 Å². The van der Waals surface area contributed by atoms with E-state index in [2.05, 4.69) is 0 Å². The Kier molecular flexibility index (Phi) is 2.16. The molecule has 0 unspecified atom stereocenters. The van der Waals surface area contributed by atoms with Crippen molar-refractivity contribution in [1.29, 1.82) is 0 Å². The fourth-order valence-electron chi connectivity index (χ4n) is 2.15. The second-order valence-corrected chi connectivity index (χ2v) is 4.08. The fourth-order valence-corrected chi connectivity index (χ4v) is 2.15. The van der Waals surface area contributed by atoms with Gasteiger partial charge in [-0.3, -0.25) is 5.01 Å². The van der Waals surface area contributed by atoms with Crippen LogP contribution in [-0.2, 0) is 6.54 Å². The highest BCUT2D eigenvalue weighted by atomic mass is 15.8. The lowest BCUT2D eigenvalue weighted by Crippen LogP contribution is -2.43. The van der Waals surface area contributed by atoms with E-state index in [9.17, 15) is 0 Å². The summed E-state index contributed by atoms with van der Waals surface area (Å²) in [6, 6.07) is 15.8. The Bertz CT molecular complexity index is 538. The summed E-state index contributed by atoms with van der Waals surface area (Å²) in [6.07, 6.45) is 0. The fraction of sp³-hybridized carbons (Fsp3) is 0.0769. The maximum atomic E-state index is 6.10. The molecule has 3 rings (SSSR count). The van der Waals surface area contributed by atoms with Gasteiger partial charge in [-0.1, -0.05) is 24.3 Å². The molecule has 2 aromatic carbocycles. The van der Waals surface area contributed by atoms with Gasteiger partial charge in [0.25, 0.3) is 0 Å². The van der Waals surface area contributed by atoms with E-state index in [4.69, 9.17) is 11.6 Å². The van der Waals surface area contributed by atoms with Crippen molar-refractivity contribution >= 4 is 17.1 Å². The van der Waals surface area contributed by atoms with Crippen LogP contribution in [0.25, 0.3) is 0 Å². The van der Waals surface area contributed by atoms with Crippen molar-refractivity contribution in [3.8, 4) is 0 Å². The van der Waals surface area contributed by atoms with Crippen molar-refractivity contribution in [3.05, 3.63) is 54.1 Å². The minimum absolute atomic E-state index is 0.711. The third kappa shape index (κ3) is 1.50. The highest BCUT2D eigenvalue weighted by molar-refractivity contribution is 5.72. The quantitative estimate of drug-likeness (QED) is 0.576. The molecule has 1 heterocycles. The molecule has 0 radical (unpaired) electrons. The average molecular weight is 226 g/mol. The van der Waals surface area contributed by atoms with Crippen LogP contribution in [0.15, 0.2) is 48.5 Å². The van der Waals surface area contributed by atoms with Gasteiger partial charge >= 0.3 is 0 Å². The number of hydrazine groups is 2. The van der Waals surface area contributed by atoms with Crippen molar-refractivity contribution in [1.82, 2.24) is 0 Å². The van der Waals surface area contributed by atoms with Crippen LogP contribution in [0, 0.1) is 0 Å². The van der Waals surface area contributed by atoms with Crippen molar-refractivity contribution in [2.75, 3.05) is 15.9 Å². The lowest BCUT2D eigenvalue weighted by molar-refractivity contribution is 0.797. The van der Waals surface area contributed by atoms with E-state index in [-0.39, 0.29) is 0 Å². The third-order valence-corrected chi connectivity index (χ3v) is 3.06. The number of nitrogen functional groups attached to an aromatic ring is 1. The first-order chi connectivity index (χ1) is 8.27. The van der Waals surface area contributed by atoms with E-state index in [1.54, 1.807) is 5.12 Å². The molecule has 1 aliphatic rings. The normalized spacial score (nSPS) is 13.9. The number of hydrogen-bond donors (Lipinski definition) is 2. The molecule has 0 spiro atoms. The molecule has 4 N–H and O–H groups in total. The zero-order chi connectivity index (χ0) is 11.8. The van der Waals surface area contributed by atoms with E-state index in [0.29, 0.717) is 6.54 Å². The third-order valence-electron chi connectivity index (χ3n) is 3.06. The Morgan fingerprint density at radius 2 is 1.71 bits per heavy atom. The van der Waals surface area contributed by atoms with Crippen LogP contribution < -0.4 is 21.7 Å². The largest absolute Gasteiger partial charge is 0.398 e. The minimum Gasteiger partial charge on any atom is -0.398 e. The summed E-state index contributed by atoms with van der Waals surface area (Å²) in [6.45, 7) is 0.711. The topological polar surface area (TPSA) is 58.5 Å². The number of nitrogens with two attached hydrogens (primary N) is 2. The second-order valence-electron chi connectivity index (χ2n) is 4.08. The summed E-state index contributed by atoms with van der Waals surface area (Å²) in [5.74, 6) is 6.10. The first-order valence-corrected chi connectivity index (χ1v) is 5.52. The molecular weight excluding hydrogens is 212 g/mol. The summed E-state index contributed by atoms with van der Waals surface area (Å²) in [5, 5.41) is 3.65. The predicted molar refractivity (Wildman–Crippen MR) is 70.1 cm³/mol. The molecule has 86 valence electrons. The van der Waals surface area contributed by atoms with E-state index < -0.39 is 0 Å². The monoisotopic (exact) mass is 226 g/mol. The Balaban J connectivity index is 2.02. The van der Waals surface area contributed by atoms with Crippen molar-refractivity contribution in [2.24, 2.45) is 5.84 Å². The Hall–Kier alpha value is -2.20. The van der Waals surface area contributed by atoms with E-state index >= 15 is 0 Å². The van der Waals surface area contributed by atoms with Gasteiger partial charge in [0.05, 0.1) is 17.9 Å². The maximum Gasteiger partial charge on any atom is 0.0827 e. The molecule has 0 bridgehead atoms. The molecule has 0 saturated heterocycles. The lowest BCUT2D eigenvalue weighted by Gasteiger charge is -2.27. The lowest BCUT2D eigenvalue weighted by atomic mass is 10.1. The Labute approximate surface area is 100.0 Å². The van der Waals surface area contributed by atoms with Crippen molar-refractivity contribution in [3.63, 3.8) is 0 Å². The summed E-state index contributed by atoms with van der Waals surface area (Å²) in [4.78, 5) is 0. The molecule has 0 fully saturated rings. The van der Waals surface area contributed by atoms with E-state index in [1.807, 2.05) is 53.5 Å². The average Bonchev–Trinajstić information content (AvgIpc) is 2.70. The predicted octanol–water partition coefficient (Wildman–Crippen LogP) is 1.88. The zero-order valence-corrected chi connectivity index (χ0v) is 9.38. The van der Waals surface area contributed by atoms with Gasteiger partial charge in [-0.15, -0.1) is 0 Å². The number of hydrogen-bond acceptors (Lipinski definition) is 4. The molecule has 4 heteroatoms. The van der Waals surface area contributed by atoms with Gasteiger partial charge in [-0.2, -0.15) is 0 Å². The molecule has 0 saturated carbocycles. The SMILES string of the molecule is Nc1cccc2c1CN(c1ccccc1)N2N.